The minimum absolute atomic E-state index is 0.0243. The highest BCUT2D eigenvalue weighted by atomic mass is 16.5. The largest absolute Gasteiger partial charge is 0.391 e. The maximum Gasteiger partial charge on any atom is 0.245 e. The Morgan fingerprint density at radius 1 is 0.592 bits per heavy atom. The van der Waals surface area contributed by atoms with Gasteiger partial charge in [-0.3, -0.25) is 57.5 Å². The molecule has 1 heterocycles. The van der Waals surface area contributed by atoms with E-state index in [9.17, 15) is 67.7 Å². The number of carbonyl (C=O) groups is 12. The summed E-state index contributed by atoms with van der Waals surface area (Å²) in [5, 5.41) is 53.0. The number of ether oxygens (including phenoxy) is 1. The van der Waals surface area contributed by atoms with Gasteiger partial charge in [-0.05, 0) is 137 Å². The number of benzene rings is 1. The lowest BCUT2D eigenvalue weighted by atomic mass is 10.00. The third-order valence-electron chi connectivity index (χ3n) is 16.1. The summed E-state index contributed by atoms with van der Waals surface area (Å²) in [7, 11) is 0. The van der Waals surface area contributed by atoms with E-state index in [1.165, 1.54) is 13.8 Å². The van der Waals surface area contributed by atoms with Crippen LogP contribution < -0.4 is 92.5 Å². The monoisotopic (exact) mass is 1390 g/mol. The van der Waals surface area contributed by atoms with Crippen molar-refractivity contribution in [2.45, 2.75) is 255 Å². The average Bonchev–Trinajstić information content (AvgIpc) is 0.933. The summed E-state index contributed by atoms with van der Waals surface area (Å²) in [6.07, 6.45) is 0.736. The normalized spacial score (nSPS) is 21.4. The molecule has 1 aliphatic heterocycles. The Morgan fingerprint density at radius 3 is 1.65 bits per heavy atom. The summed E-state index contributed by atoms with van der Waals surface area (Å²) in [6, 6.07) is -6.87. The van der Waals surface area contributed by atoms with Crippen LogP contribution in [0.4, 0.5) is 0 Å². The van der Waals surface area contributed by atoms with Crippen molar-refractivity contribution in [3.05, 3.63) is 35.9 Å². The number of hydrogen-bond donors (Lipinski definition) is 19. The van der Waals surface area contributed by atoms with Gasteiger partial charge in [0.1, 0.15) is 60.4 Å². The van der Waals surface area contributed by atoms with E-state index in [4.69, 9.17) is 33.4 Å². The van der Waals surface area contributed by atoms with Gasteiger partial charge in [0.2, 0.25) is 70.9 Å². The van der Waals surface area contributed by atoms with Crippen LogP contribution in [-0.2, 0) is 68.7 Å². The number of nitrogens with one attached hydrogen (secondary N) is 12. The number of unbranched alkanes of at least 4 members (excludes halogenated alkanes) is 5. The fourth-order valence-electron chi connectivity index (χ4n) is 10.3. The molecule has 0 aliphatic carbocycles. The SMILES string of the molecule is CCCCCCCCC(=O)N[C@@H](CCN)C(=O)N[C@H](C(=O)N[C@@H](CCNC(=O)CCC(C)(C)OCC(C)(C)N)C(=O)N[C@H]1CCNC(=O)[C@H]([C@@H](C)O)NC(=O)[C@H](CCN)NC(=O)[C@H](CCN)NC(=O)[C@H](CC(C)C)NC(=O)[C@@H](Cc2ccccc2)NC(=O)[C@H](CCN)NC1=O)[C@@H](C)O. The summed E-state index contributed by atoms with van der Waals surface area (Å²) in [4.78, 5) is 170. The van der Waals surface area contributed by atoms with E-state index in [-0.39, 0.29) is 103 Å². The molecule has 1 aromatic carbocycles. The molecule has 1 fully saturated rings. The van der Waals surface area contributed by atoms with Crippen LogP contribution >= 0.6 is 0 Å². The van der Waals surface area contributed by atoms with Crippen molar-refractivity contribution in [3.8, 4) is 0 Å². The minimum Gasteiger partial charge on any atom is -0.391 e. The molecule has 0 bridgehead atoms. The zero-order valence-electron chi connectivity index (χ0n) is 59.0. The lowest BCUT2D eigenvalue weighted by molar-refractivity contribution is -0.137. The van der Waals surface area contributed by atoms with Crippen LogP contribution in [0.3, 0.4) is 0 Å². The molecule has 0 saturated carbocycles. The number of carbonyl (C=O) groups excluding carboxylic acids is 12. The van der Waals surface area contributed by atoms with E-state index in [1.54, 1.807) is 71.9 Å². The van der Waals surface area contributed by atoms with Gasteiger partial charge in [-0.2, -0.15) is 0 Å². The minimum atomic E-state index is -1.79. The fourth-order valence-corrected chi connectivity index (χ4v) is 10.3. The first-order valence-electron chi connectivity index (χ1n) is 34.4. The highest BCUT2D eigenvalue weighted by Gasteiger charge is 2.38. The first-order chi connectivity index (χ1) is 46.2. The topological polar surface area (TPSA) is 529 Å². The Kier molecular flexibility index (Phi) is 40.0. The third-order valence-corrected chi connectivity index (χ3v) is 16.1. The molecule has 0 aromatic heterocycles. The second-order valence-corrected chi connectivity index (χ2v) is 26.9. The summed E-state index contributed by atoms with van der Waals surface area (Å²) < 4.78 is 5.97. The molecule has 1 saturated heterocycles. The van der Waals surface area contributed by atoms with Crippen molar-refractivity contribution >= 4 is 70.9 Å². The molecule has 12 atom stereocenters. The van der Waals surface area contributed by atoms with Gasteiger partial charge in [-0.15, -0.1) is 0 Å². The maximum absolute atomic E-state index is 14.9. The highest BCUT2D eigenvalue weighted by molar-refractivity contribution is 5.99. The average molecular weight is 1390 g/mol. The number of nitrogens with two attached hydrogens (primary N) is 5. The predicted molar refractivity (Wildman–Crippen MR) is 368 cm³/mol. The lowest BCUT2D eigenvalue weighted by Gasteiger charge is -2.30. The molecule has 32 nitrogen and oxygen atoms in total. The Balaban J connectivity index is 2.82. The van der Waals surface area contributed by atoms with Crippen molar-refractivity contribution in [1.29, 1.82) is 0 Å². The Bertz CT molecular complexity index is 2700. The Hall–Kier alpha value is -7.46. The van der Waals surface area contributed by atoms with Crippen molar-refractivity contribution in [2.75, 3.05) is 45.9 Å². The maximum atomic E-state index is 14.9. The van der Waals surface area contributed by atoms with Crippen LogP contribution in [0.5, 0.6) is 0 Å². The predicted octanol–water partition coefficient (Wildman–Crippen LogP) is -3.63. The fraction of sp³-hybridized carbons (Fsp3) is 0.727. The van der Waals surface area contributed by atoms with Crippen molar-refractivity contribution in [3.63, 3.8) is 0 Å². The molecule has 556 valence electrons. The zero-order chi connectivity index (χ0) is 73.7. The zero-order valence-corrected chi connectivity index (χ0v) is 59.0. The molecular weight excluding hydrogens is 1270 g/mol. The van der Waals surface area contributed by atoms with Crippen LogP contribution in [-0.4, -0.2) is 211 Å². The lowest BCUT2D eigenvalue weighted by Crippen LogP contribution is -2.62. The van der Waals surface area contributed by atoms with E-state index in [0.29, 0.717) is 12.0 Å². The number of aliphatic hydroxyl groups is 2. The summed E-state index contributed by atoms with van der Waals surface area (Å²) in [5.41, 5.74) is 28.9. The van der Waals surface area contributed by atoms with E-state index in [2.05, 4.69) is 70.7 Å². The van der Waals surface area contributed by atoms with Gasteiger partial charge in [0.15, 0.2) is 0 Å². The summed E-state index contributed by atoms with van der Waals surface area (Å²) in [5.74, 6) is -10.8. The molecular formula is C66H117N17O15. The molecule has 0 spiro atoms. The molecule has 32 heteroatoms. The standard InChI is InChI=1S/C66H117N17O15/c1-10-11-12-13-14-18-21-52(87)74-43(23-30-67)59(92)83-54(41(5)85)64(97)79-48(27-34-72-51(86)22-29-66(8,9)98-38-65(6,7)71)58(91)78-47-28-35-73-63(96)53(40(4)84)82-60(93)46(26-33-70)76-55(88)44(24-31-68)77-61(94)49(36-39(2)3)80-62(95)50(37-42-19-16-15-17-20-42)81-56(89)45(25-32-69)75-57(47)90/h15-17,19-20,39-41,43-50,53-54,84-85H,10-14,18,21-38,67-71H2,1-9H3,(H,72,86)(H,73,96)(H,74,87)(H,75,90)(H,76,88)(H,77,94)(H,78,91)(H,79,97)(H,80,95)(H,81,89)(H,82,93)(H,83,92)/t40-,41-,43+,44+,45+,46+,47+,48+,49+,50-,53+,54+/m1/s1. The second kappa shape index (κ2) is 45.3. The van der Waals surface area contributed by atoms with Crippen molar-refractivity contribution in [1.82, 2.24) is 63.8 Å². The van der Waals surface area contributed by atoms with E-state index >= 15 is 0 Å². The first kappa shape index (κ1) is 86.6. The van der Waals surface area contributed by atoms with E-state index in [0.717, 1.165) is 32.1 Å². The van der Waals surface area contributed by atoms with Gasteiger partial charge >= 0.3 is 0 Å². The van der Waals surface area contributed by atoms with E-state index < -0.39 is 174 Å². The number of amides is 12. The van der Waals surface area contributed by atoms with Gasteiger partial charge in [0, 0.05) is 37.9 Å². The second-order valence-electron chi connectivity index (χ2n) is 26.9. The van der Waals surface area contributed by atoms with Crippen LogP contribution in [0.1, 0.15) is 171 Å². The molecule has 1 aliphatic rings. The van der Waals surface area contributed by atoms with Gasteiger partial charge in [0.05, 0.1) is 24.4 Å². The number of rotatable bonds is 37. The smallest absolute Gasteiger partial charge is 0.245 e. The molecule has 2 rings (SSSR count). The molecule has 98 heavy (non-hydrogen) atoms. The summed E-state index contributed by atoms with van der Waals surface area (Å²) >= 11 is 0. The van der Waals surface area contributed by atoms with Gasteiger partial charge < -0.3 is 107 Å². The summed E-state index contributed by atoms with van der Waals surface area (Å²) in [6.45, 7) is 13.9. The van der Waals surface area contributed by atoms with Gasteiger partial charge in [0.25, 0.3) is 0 Å². The number of aliphatic hydroxyl groups excluding tert-OH is 2. The van der Waals surface area contributed by atoms with Gasteiger partial charge in [-0.1, -0.05) is 83.2 Å². The van der Waals surface area contributed by atoms with Crippen molar-refractivity contribution < 1.29 is 72.5 Å². The molecule has 24 N–H and O–H groups in total. The van der Waals surface area contributed by atoms with Crippen LogP contribution in [0.15, 0.2) is 30.3 Å². The Morgan fingerprint density at radius 2 is 1.11 bits per heavy atom. The molecule has 0 unspecified atom stereocenters. The number of hydrogen-bond acceptors (Lipinski definition) is 20. The Labute approximate surface area is 576 Å². The third kappa shape index (κ3) is 33.9. The van der Waals surface area contributed by atoms with Crippen LogP contribution in [0.25, 0.3) is 0 Å². The molecule has 12 amide bonds. The highest BCUT2D eigenvalue weighted by Crippen LogP contribution is 2.19. The molecule has 1 aromatic rings. The first-order valence-corrected chi connectivity index (χ1v) is 34.4. The molecule has 0 radical (unpaired) electrons. The van der Waals surface area contributed by atoms with E-state index in [1.807, 2.05) is 0 Å². The van der Waals surface area contributed by atoms with Gasteiger partial charge in [-0.25, -0.2) is 0 Å². The van der Waals surface area contributed by atoms with Crippen LogP contribution in [0, 0.1) is 5.92 Å². The quantitative estimate of drug-likeness (QED) is 0.0286. The van der Waals surface area contributed by atoms with Crippen LogP contribution in [0.2, 0.25) is 0 Å². The van der Waals surface area contributed by atoms with Crippen molar-refractivity contribution in [2.24, 2.45) is 34.6 Å².